The molecule has 0 saturated carbocycles. The van der Waals surface area contributed by atoms with E-state index >= 15 is 0 Å². The first-order valence-corrected chi connectivity index (χ1v) is 5.77. The van der Waals surface area contributed by atoms with Gasteiger partial charge in [-0.1, -0.05) is 6.07 Å². The van der Waals surface area contributed by atoms with E-state index in [9.17, 15) is 0 Å². The van der Waals surface area contributed by atoms with Crippen LogP contribution in [-0.2, 0) is 6.42 Å². The van der Waals surface area contributed by atoms with Gasteiger partial charge in [-0.3, -0.25) is 0 Å². The van der Waals surface area contributed by atoms with Gasteiger partial charge < -0.3 is 10.2 Å². The standard InChI is InChI=1S/C12H17N3/c1-9-6-10-3-5-15(12(10)14-7-9)11-2-4-13-8-11/h6-7,11,13H,2-5,8H2,1H3. The summed E-state index contributed by atoms with van der Waals surface area (Å²) >= 11 is 0. The molecule has 15 heavy (non-hydrogen) atoms. The lowest BCUT2D eigenvalue weighted by Gasteiger charge is -2.25. The number of rotatable bonds is 1. The third-order valence-corrected chi connectivity index (χ3v) is 3.45. The van der Waals surface area contributed by atoms with Gasteiger partial charge in [0.25, 0.3) is 0 Å². The third kappa shape index (κ3) is 1.51. The molecule has 3 nitrogen and oxygen atoms in total. The number of nitrogens with zero attached hydrogens (tertiary/aromatic N) is 2. The van der Waals surface area contributed by atoms with Crippen LogP contribution in [-0.4, -0.2) is 30.7 Å². The SMILES string of the molecule is Cc1cnc2c(c1)CCN2C1CCNC1. The van der Waals surface area contributed by atoms with Crippen molar-refractivity contribution in [1.82, 2.24) is 10.3 Å². The van der Waals surface area contributed by atoms with Crippen molar-refractivity contribution in [2.45, 2.75) is 25.8 Å². The van der Waals surface area contributed by atoms with Gasteiger partial charge in [0.2, 0.25) is 0 Å². The molecule has 2 aliphatic rings. The highest BCUT2D eigenvalue weighted by molar-refractivity contribution is 5.53. The summed E-state index contributed by atoms with van der Waals surface area (Å²) in [5.41, 5.74) is 2.71. The van der Waals surface area contributed by atoms with Crippen molar-refractivity contribution in [3.8, 4) is 0 Å². The molecule has 0 aromatic carbocycles. The van der Waals surface area contributed by atoms with E-state index in [1.165, 1.54) is 29.8 Å². The van der Waals surface area contributed by atoms with Gasteiger partial charge in [-0.15, -0.1) is 0 Å². The molecule has 0 bridgehead atoms. The Morgan fingerprint density at radius 3 is 3.27 bits per heavy atom. The van der Waals surface area contributed by atoms with E-state index in [0.29, 0.717) is 6.04 Å². The smallest absolute Gasteiger partial charge is 0.132 e. The zero-order chi connectivity index (χ0) is 10.3. The van der Waals surface area contributed by atoms with Crippen LogP contribution in [0.3, 0.4) is 0 Å². The van der Waals surface area contributed by atoms with Crippen molar-refractivity contribution in [2.24, 2.45) is 0 Å². The minimum Gasteiger partial charge on any atom is -0.352 e. The van der Waals surface area contributed by atoms with Crippen molar-refractivity contribution in [3.05, 3.63) is 23.4 Å². The zero-order valence-electron chi connectivity index (χ0n) is 9.16. The molecule has 2 aliphatic heterocycles. The predicted octanol–water partition coefficient (Wildman–Crippen LogP) is 1.11. The van der Waals surface area contributed by atoms with Crippen LogP contribution in [0.4, 0.5) is 5.82 Å². The fourth-order valence-corrected chi connectivity index (χ4v) is 2.67. The fourth-order valence-electron chi connectivity index (χ4n) is 2.67. The van der Waals surface area contributed by atoms with Crippen LogP contribution >= 0.6 is 0 Å². The molecule has 3 rings (SSSR count). The number of hydrogen-bond acceptors (Lipinski definition) is 3. The number of fused-ring (bicyclic) bond motifs is 1. The lowest BCUT2D eigenvalue weighted by molar-refractivity contribution is 0.648. The number of aromatic nitrogens is 1. The Morgan fingerprint density at radius 2 is 2.47 bits per heavy atom. The molecule has 1 atom stereocenters. The summed E-state index contributed by atoms with van der Waals surface area (Å²) in [6, 6.07) is 2.95. The minimum atomic E-state index is 0.668. The van der Waals surface area contributed by atoms with Gasteiger partial charge in [0.15, 0.2) is 0 Å². The first-order valence-electron chi connectivity index (χ1n) is 5.77. The van der Waals surface area contributed by atoms with Gasteiger partial charge in [0.1, 0.15) is 5.82 Å². The van der Waals surface area contributed by atoms with Gasteiger partial charge in [-0.2, -0.15) is 0 Å². The maximum absolute atomic E-state index is 4.58. The lowest BCUT2D eigenvalue weighted by Crippen LogP contribution is -2.35. The Morgan fingerprint density at radius 1 is 1.53 bits per heavy atom. The van der Waals surface area contributed by atoms with Crippen LogP contribution in [0.1, 0.15) is 17.5 Å². The molecule has 1 aromatic rings. The topological polar surface area (TPSA) is 28.2 Å². The summed E-state index contributed by atoms with van der Waals surface area (Å²) in [6.45, 7) is 5.54. The van der Waals surface area contributed by atoms with E-state index in [4.69, 9.17) is 0 Å². The highest BCUT2D eigenvalue weighted by atomic mass is 15.3. The Hall–Kier alpha value is -1.09. The molecule has 3 heterocycles. The highest BCUT2D eigenvalue weighted by Gasteiger charge is 2.28. The summed E-state index contributed by atoms with van der Waals surface area (Å²) in [4.78, 5) is 7.06. The fraction of sp³-hybridized carbons (Fsp3) is 0.583. The van der Waals surface area contributed by atoms with Crippen molar-refractivity contribution >= 4 is 5.82 Å². The van der Waals surface area contributed by atoms with Crippen LogP contribution in [0.25, 0.3) is 0 Å². The Balaban J connectivity index is 1.90. The second-order valence-electron chi connectivity index (χ2n) is 4.59. The summed E-state index contributed by atoms with van der Waals surface area (Å²) in [7, 11) is 0. The van der Waals surface area contributed by atoms with Crippen molar-refractivity contribution in [1.29, 1.82) is 0 Å². The van der Waals surface area contributed by atoms with E-state index in [0.717, 1.165) is 19.6 Å². The van der Waals surface area contributed by atoms with Crippen LogP contribution in [0, 0.1) is 6.92 Å². The Labute approximate surface area is 90.5 Å². The molecule has 3 heteroatoms. The average molecular weight is 203 g/mol. The van der Waals surface area contributed by atoms with Crippen LogP contribution in [0.15, 0.2) is 12.3 Å². The van der Waals surface area contributed by atoms with E-state index in [1.54, 1.807) is 0 Å². The second kappa shape index (κ2) is 3.49. The number of pyridine rings is 1. The molecule has 80 valence electrons. The molecule has 1 unspecified atom stereocenters. The van der Waals surface area contributed by atoms with Gasteiger partial charge in [-0.05, 0) is 37.4 Å². The highest BCUT2D eigenvalue weighted by Crippen LogP contribution is 2.29. The van der Waals surface area contributed by atoms with Crippen LogP contribution < -0.4 is 10.2 Å². The molecule has 1 saturated heterocycles. The molecule has 0 radical (unpaired) electrons. The van der Waals surface area contributed by atoms with E-state index < -0.39 is 0 Å². The first-order chi connectivity index (χ1) is 7.34. The maximum atomic E-state index is 4.58. The average Bonchev–Trinajstić information content (AvgIpc) is 2.82. The molecule has 0 amide bonds. The first kappa shape index (κ1) is 9.16. The van der Waals surface area contributed by atoms with E-state index in [1.807, 2.05) is 6.20 Å². The van der Waals surface area contributed by atoms with Crippen molar-refractivity contribution < 1.29 is 0 Å². The maximum Gasteiger partial charge on any atom is 0.132 e. The number of aryl methyl sites for hydroxylation is 1. The molecule has 1 aromatic heterocycles. The van der Waals surface area contributed by atoms with Gasteiger partial charge in [0, 0.05) is 25.3 Å². The normalized spacial score (nSPS) is 24.6. The van der Waals surface area contributed by atoms with Crippen LogP contribution in [0.5, 0.6) is 0 Å². The lowest BCUT2D eigenvalue weighted by atomic mass is 10.2. The monoisotopic (exact) mass is 203 g/mol. The molecular weight excluding hydrogens is 186 g/mol. The minimum absolute atomic E-state index is 0.668. The number of hydrogen-bond donors (Lipinski definition) is 1. The molecule has 0 spiro atoms. The number of anilines is 1. The summed E-state index contributed by atoms with van der Waals surface area (Å²) in [5, 5.41) is 3.42. The molecule has 1 N–H and O–H groups in total. The summed E-state index contributed by atoms with van der Waals surface area (Å²) < 4.78 is 0. The largest absolute Gasteiger partial charge is 0.352 e. The van der Waals surface area contributed by atoms with E-state index in [-0.39, 0.29) is 0 Å². The van der Waals surface area contributed by atoms with Gasteiger partial charge >= 0.3 is 0 Å². The Bertz CT molecular complexity index is 369. The van der Waals surface area contributed by atoms with Crippen molar-refractivity contribution in [2.75, 3.05) is 24.5 Å². The zero-order valence-corrected chi connectivity index (χ0v) is 9.16. The third-order valence-electron chi connectivity index (χ3n) is 3.45. The second-order valence-corrected chi connectivity index (χ2v) is 4.59. The Kier molecular flexibility index (Phi) is 2.13. The number of nitrogens with one attached hydrogen (secondary N) is 1. The predicted molar refractivity (Wildman–Crippen MR) is 61.3 cm³/mol. The molecule has 1 fully saturated rings. The van der Waals surface area contributed by atoms with E-state index in [2.05, 4.69) is 28.2 Å². The summed E-state index contributed by atoms with van der Waals surface area (Å²) in [5.74, 6) is 1.23. The molecule has 0 aliphatic carbocycles. The van der Waals surface area contributed by atoms with Gasteiger partial charge in [0.05, 0.1) is 0 Å². The van der Waals surface area contributed by atoms with Crippen LogP contribution in [0.2, 0.25) is 0 Å². The quantitative estimate of drug-likeness (QED) is 0.741. The summed E-state index contributed by atoms with van der Waals surface area (Å²) in [6.07, 6.45) is 4.41. The van der Waals surface area contributed by atoms with Gasteiger partial charge in [-0.25, -0.2) is 4.98 Å². The molecular formula is C12H17N3. The van der Waals surface area contributed by atoms with Crippen molar-refractivity contribution in [3.63, 3.8) is 0 Å².